The van der Waals surface area contributed by atoms with Gasteiger partial charge in [0, 0.05) is 35.8 Å². The van der Waals surface area contributed by atoms with Gasteiger partial charge < -0.3 is 20.1 Å². The molecule has 2 heterocycles. The number of pyridine rings is 1. The van der Waals surface area contributed by atoms with Gasteiger partial charge in [-0.25, -0.2) is 9.78 Å². The van der Waals surface area contributed by atoms with Gasteiger partial charge in [0.2, 0.25) is 0 Å². The molecule has 162 valence electrons. The number of hydrogen-bond acceptors (Lipinski definition) is 5. The normalized spacial score (nSPS) is 10.6. The number of hydrogen-bond donors (Lipinski definition) is 2. The van der Waals surface area contributed by atoms with Crippen molar-refractivity contribution in [2.45, 2.75) is 6.61 Å². The number of urea groups is 1. The Kier molecular flexibility index (Phi) is 6.23. The van der Waals surface area contributed by atoms with Crippen LogP contribution in [0.3, 0.4) is 0 Å². The Balaban J connectivity index is 1.41. The molecule has 2 aromatic carbocycles. The number of benzene rings is 2. The Bertz CT molecular complexity index is 1340. The predicted octanol–water partition coefficient (Wildman–Crippen LogP) is 4.58. The summed E-state index contributed by atoms with van der Waals surface area (Å²) in [5.74, 6) is 1.16. The van der Waals surface area contributed by atoms with Crippen LogP contribution in [-0.2, 0) is 6.61 Å². The van der Waals surface area contributed by atoms with E-state index in [1.165, 1.54) is 16.7 Å². The van der Waals surface area contributed by atoms with Crippen LogP contribution in [0.15, 0.2) is 77.7 Å². The Morgan fingerprint density at radius 1 is 1.00 bits per heavy atom. The summed E-state index contributed by atoms with van der Waals surface area (Å²) < 4.78 is 12.3. The van der Waals surface area contributed by atoms with E-state index in [1.807, 2.05) is 0 Å². The fourth-order valence-electron chi connectivity index (χ4n) is 3.02. The van der Waals surface area contributed by atoms with Crippen molar-refractivity contribution in [1.29, 1.82) is 0 Å². The third-order valence-electron chi connectivity index (χ3n) is 4.48. The maximum Gasteiger partial charge on any atom is 0.323 e. The zero-order chi connectivity index (χ0) is 22.5. The quantitative estimate of drug-likeness (QED) is 0.448. The van der Waals surface area contributed by atoms with Crippen LogP contribution in [0.4, 0.5) is 16.2 Å². The summed E-state index contributed by atoms with van der Waals surface area (Å²) in [5.41, 5.74) is 1.85. The molecule has 0 aliphatic heterocycles. The van der Waals surface area contributed by atoms with Crippen LogP contribution in [0, 0.1) is 0 Å². The molecule has 0 atom stereocenters. The molecule has 4 rings (SSSR count). The number of nitrogens with zero attached hydrogens (tertiary/aromatic N) is 2. The van der Waals surface area contributed by atoms with Gasteiger partial charge in [0.1, 0.15) is 23.8 Å². The number of rotatable bonds is 6. The highest BCUT2D eigenvalue weighted by Crippen LogP contribution is 2.20. The topological polar surface area (TPSA) is 94.0 Å². The summed E-state index contributed by atoms with van der Waals surface area (Å²) in [4.78, 5) is 29.0. The molecule has 0 fully saturated rings. The van der Waals surface area contributed by atoms with Gasteiger partial charge >= 0.3 is 6.03 Å². The van der Waals surface area contributed by atoms with E-state index >= 15 is 0 Å². The van der Waals surface area contributed by atoms with Crippen molar-refractivity contribution in [3.8, 4) is 11.5 Å². The van der Waals surface area contributed by atoms with Crippen LogP contribution in [-0.4, -0.2) is 22.5 Å². The van der Waals surface area contributed by atoms with Crippen LogP contribution in [0.2, 0.25) is 5.02 Å². The van der Waals surface area contributed by atoms with E-state index < -0.39 is 6.03 Å². The van der Waals surface area contributed by atoms with E-state index in [9.17, 15) is 9.59 Å². The lowest BCUT2D eigenvalue weighted by molar-refractivity contribution is 0.262. The number of anilines is 2. The first kappa shape index (κ1) is 21.2. The van der Waals surface area contributed by atoms with Crippen LogP contribution >= 0.6 is 11.6 Å². The number of ether oxygens (including phenoxy) is 2. The number of amides is 2. The molecule has 2 aromatic heterocycles. The van der Waals surface area contributed by atoms with Crippen LogP contribution in [0.25, 0.3) is 5.65 Å². The van der Waals surface area contributed by atoms with Crippen molar-refractivity contribution in [3.05, 3.63) is 94.0 Å². The molecule has 32 heavy (non-hydrogen) atoms. The molecule has 4 aromatic rings. The molecule has 0 saturated carbocycles. The van der Waals surface area contributed by atoms with Gasteiger partial charge in [-0.3, -0.25) is 9.20 Å². The van der Waals surface area contributed by atoms with Gasteiger partial charge in [0.15, 0.2) is 0 Å². The highest BCUT2D eigenvalue weighted by atomic mass is 35.5. The van der Waals surface area contributed by atoms with Gasteiger partial charge in [-0.05, 0) is 36.4 Å². The summed E-state index contributed by atoms with van der Waals surface area (Å²) in [6.07, 6.45) is 1.52. The lowest BCUT2D eigenvalue weighted by Gasteiger charge is -2.11. The summed E-state index contributed by atoms with van der Waals surface area (Å²) in [5, 5.41) is 5.94. The number of carbonyl (C=O) groups is 1. The standard InChI is InChI=1S/C23H19ClN4O4/c1-31-19-6-2-4-16(10-19)26-23(30)27-17-5-3-7-20(11-17)32-14-18-12-22(29)28-13-15(24)8-9-21(28)25-18/h2-13H,14H2,1H3,(H2,26,27,30). The third kappa shape index (κ3) is 5.16. The lowest BCUT2D eigenvalue weighted by atomic mass is 10.3. The van der Waals surface area contributed by atoms with Crippen molar-refractivity contribution in [2.75, 3.05) is 17.7 Å². The number of fused-ring (bicyclic) bond motifs is 1. The molecule has 8 nitrogen and oxygen atoms in total. The summed E-state index contributed by atoms with van der Waals surface area (Å²) in [6.45, 7) is 0.0911. The summed E-state index contributed by atoms with van der Waals surface area (Å²) in [6, 6.07) is 18.3. The van der Waals surface area contributed by atoms with E-state index in [2.05, 4.69) is 15.6 Å². The van der Waals surface area contributed by atoms with E-state index in [0.717, 1.165) is 0 Å². The highest BCUT2D eigenvalue weighted by Gasteiger charge is 2.07. The Labute approximate surface area is 188 Å². The first-order valence-corrected chi connectivity index (χ1v) is 10.0. The minimum atomic E-state index is -0.404. The molecule has 9 heteroatoms. The van der Waals surface area contributed by atoms with Crippen molar-refractivity contribution in [1.82, 2.24) is 9.38 Å². The SMILES string of the molecule is COc1cccc(NC(=O)Nc2cccc(OCc3cc(=O)n4cc(Cl)ccc4n3)c2)c1. The first-order valence-electron chi connectivity index (χ1n) is 9.63. The van der Waals surface area contributed by atoms with E-state index in [-0.39, 0.29) is 12.2 Å². The van der Waals surface area contributed by atoms with Gasteiger partial charge in [-0.15, -0.1) is 0 Å². The van der Waals surface area contributed by atoms with Gasteiger partial charge in [-0.1, -0.05) is 23.7 Å². The number of nitrogens with one attached hydrogen (secondary N) is 2. The molecule has 0 bridgehead atoms. The Morgan fingerprint density at radius 2 is 1.69 bits per heavy atom. The lowest BCUT2D eigenvalue weighted by Crippen LogP contribution is -2.19. The van der Waals surface area contributed by atoms with Gasteiger partial charge in [0.25, 0.3) is 5.56 Å². The molecule has 0 spiro atoms. The van der Waals surface area contributed by atoms with Crippen molar-refractivity contribution in [3.63, 3.8) is 0 Å². The number of aromatic nitrogens is 2. The van der Waals surface area contributed by atoms with Crippen LogP contribution in [0.5, 0.6) is 11.5 Å². The highest BCUT2D eigenvalue weighted by molar-refractivity contribution is 6.30. The fourth-order valence-corrected chi connectivity index (χ4v) is 3.18. The zero-order valence-electron chi connectivity index (χ0n) is 17.0. The van der Waals surface area contributed by atoms with Gasteiger partial charge in [-0.2, -0.15) is 0 Å². The zero-order valence-corrected chi connectivity index (χ0v) is 17.8. The monoisotopic (exact) mass is 450 g/mol. The largest absolute Gasteiger partial charge is 0.497 e. The molecule has 0 aliphatic rings. The van der Waals surface area contributed by atoms with Crippen LogP contribution < -0.4 is 25.7 Å². The second-order valence-electron chi connectivity index (χ2n) is 6.79. The molecule has 0 unspecified atom stereocenters. The first-order chi connectivity index (χ1) is 15.5. The Morgan fingerprint density at radius 3 is 2.41 bits per heavy atom. The molecule has 0 aliphatic carbocycles. The predicted molar refractivity (Wildman–Crippen MR) is 123 cm³/mol. The number of carbonyl (C=O) groups excluding carboxylic acids is 1. The van der Waals surface area contributed by atoms with E-state index in [4.69, 9.17) is 21.1 Å². The molecular weight excluding hydrogens is 432 g/mol. The second-order valence-corrected chi connectivity index (χ2v) is 7.23. The molecule has 0 saturated heterocycles. The van der Waals surface area contributed by atoms with Crippen molar-refractivity contribution < 1.29 is 14.3 Å². The smallest absolute Gasteiger partial charge is 0.323 e. The maximum atomic E-state index is 12.3. The van der Waals surface area contributed by atoms with E-state index in [1.54, 1.807) is 67.8 Å². The second kappa shape index (κ2) is 9.40. The molecule has 2 N–H and O–H groups in total. The minimum Gasteiger partial charge on any atom is -0.497 e. The number of methoxy groups -OCH3 is 1. The molecular formula is C23H19ClN4O4. The molecule has 2 amide bonds. The van der Waals surface area contributed by atoms with Crippen LogP contribution in [0.1, 0.15) is 5.69 Å². The summed E-state index contributed by atoms with van der Waals surface area (Å²) >= 11 is 5.93. The fraction of sp³-hybridized carbons (Fsp3) is 0.0870. The maximum absolute atomic E-state index is 12.3. The van der Waals surface area contributed by atoms with Crippen molar-refractivity contribution in [2.24, 2.45) is 0 Å². The average molecular weight is 451 g/mol. The Hall–Kier alpha value is -4.04. The van der Waals surface area contributed by atoms with Gasteiger partial charge in [0.05, 0.1) is 17.8 Å². The summed E-state index contributed by atoms with van der Waals surface area (Å²) in [7, 11) is 1.56. The number of halogens is 1. The third-order valence-corrected chi connectivity index (χ3v) is 4.71. The minimum absolute atomic E-state index is 0.0911. The molecule has 0 radical (unpaired) electrons. The average Bonchev–Trinajstić information content (AvgIpc) is 2.78. The van der Waals surface area contributed by atoms with Crippen molar-refractivity contribution >= 4 is 34.7 Å². The van der Waals surface area contributed by atoms with E-state index in [0.29, 0.717) is 39.2 Å².